The summed E-state index contributed by atoms with van der Waals surface area (Å²) >= 11 is 0. The normalized spacial score (nSPS) is 27.3. The SMILES string of the molecule is CC1([C@@H](NC(=O)C(F)(F)F)C(=O)N[C@@H](CC2CC2)C(=O)N2C[C@]3(C[C@H]2N)C(=O)Nc2ccccc23)CC1. The molecule has 4 atom stereocenters. The highest BCUT2D eigenvalue weighted by molar-refractivity contribution is 6.07. The third kappa shape index (κ3) is 4.67. The van der Waals surface area contributed by atoms with Crippen molar-refractivity contribution in [1.82, 2.24) is 15.5 Å². The average molecular weight is 522 g/mol. The fraction of sp³-hybridized carbons (Fsp3) is 0.600. The van der Waals surface area contributed by atoms with Gasteiger partial charge in [0, 0.05) is 18.7 Å². The quantitative estimate of drug-likeness (QED) is 0.432. The zero-order valence-electron chi connectivity index (χ0n) is 20.4. The van der Waals surface area contributed by atoms with Crippen molar-refractivity contribution in [1.29, 1.82) is 0 Å². The van der Waals surface area contributed by atoms with Gasteiger partial charge in [0.25, 0.3) is 0 Å². The Balaban J connectivity index is 1.35. The summed E-state index contributed by atoms with van der Waals surface area (Å²) < 4.78 is 38.8. The number of anilines is 1. The third-order valence-electron chi connectivity index (χ3n) is 8.22. The second kappa shape index (κ2) is 8.71. The number of nitrogens with one attached hydrogen (secondary N) is 3. The van der Waals surface area contributed by atoms with Crippen LogP contribution in [0.3, 0.4) is 0 Å². The maximum atomic E-state index is 13.7. The summed E-state index contributed by atoms with van der Waals surface area (Å²) in [6.07, 6.45) is -2.73. The number of hydrogen-bond acceptors (Lipinski definition) is 5. The Morgan fingerprint density at radius 3 is 2.49 bits per heavy atom. The monoisotopic (exact) mass is 521 g/mol. The first-order chi connectivity index (χ1) is 17.3. The standard InChI is InChI=1S/C25H30F3N5O4/c1-23(8-9-23)18(32-22(37)25(26,27)28)19(34)30-16(10-13-6-7-13)20(35)33-12-24(11-17(33)29)14-4-2-3-5-15(14)31-21(24)36/h2-5,13,16-18H,6-12,29H2,1H3,(H,30,34)(H,31,36)(H,32,37)/t16-,17-,18-,24-/m0/s1. The number of para-hydroxylation sites is 1. The Labute approximate surface area is 211 Å². The predicted molar refractivity (Wildman–Crippen MR) is 126 cm³/mol. The summed E-state index contributed by atoms with van der Waals surface area (Å²) in [6, 6.07) is 4.74. The molecular weight excluding hydrogens is 491 g/mol. The average Bonchev–Trinajstić information content (AvgIpc) is 3.74. The maximum Gasteiger partial charge on any atom is 0.471 e. The van der Waals surface area contributed by atoms with Gasteiger partial charge in [-0.2, -0.15) is 13.2 Å². The van der Waals surface area contributed by atoms with Crippen molar-refractivity contribution in [3.63, 3.8) is 0 Å². The first kappa shape index (κ1) is 25.5. The van der Waals surface area contributed by atoms with Crippen LogP contribution in [0, 0.1) is 11.3 Å². The molecule has 4 aliphatic rings. The minimum Gasteiger partial charge on any atom is -0.342 e. The number of nitrogens with two attached hydrogens (primary N) is 1. The molecule has 1 spiro atoms. The zero-order valence-corrected chi connectivity index (χ0v) is 20.4. The van der Waals surface area contributed by atoms with Crippen molar-refractivity contribution in [3.8, 4) is 0 Å². The number of nitrogens with zero attached hydrogens (tertiary/aromatic N) is 1. The molecule has 12 heteroatoms. The van der Waals surface area contributed by atoms with Gasteiger partial charge in [0.05, 0.1) is 11.6 Å². The van der Waals surface area contributed by atoms with Crippen LogP contribution in [0.5, 0.6) is 0 Å². The Hall–Kier alpha value is -3.15. The van der Waals surface area contributed by atoms with E-state index < -0.39 is 53.0 Å². The van der Waals surface area contributed by atoms with Gasteiger partial charge in [-0.15, -0.1) is 0 Å². The lowest BCUT2D eigenvalue weighted by atomic mass is 9.80. The van der Waals surface area contributed by atoms with Crippen molar-refractivity contribution in [2.24, 2.45) is 17.1 Å². The molecule has 1 aromatic rings. The van der Waals surface area contributed by atoms with E-state index in [2.05, 4.69) is 10.6 Å². The highest BCUT2D eigenvalue weighted by Gasteiger charge is 2.56. The molecule has 0 bridgehead atoms. The summed E-state index contributed by atoms with van der Waals surface area (Å²) in [7, 11) is 0. The van der Waals surface area contributed by atoms with Crippen LogP contribution in [0.2, 0.25) is 0 Å². The second-order valence-corrected chi connectivity index (χ2v) is 11.1. The molecule has 0 aromatic heterocycles. The summed E-state index contributed by atoms with van der Waals surface area (Å²) in [5, 5.41) is 7.31. The molecule has 9 nitrogen and oxygen atoms in total. The molecule has 0 unspecified atom stereocenters. The van der Waals surface area contributed by atoms with Crippen LogP contribution in [0.15, 0.2) is 24.3 Å². The minimum absolute atomic E-state index is 0.0266. The molecule has 1 aromatic carbocycles. The van der Waals surface area contributed by atoms with Gasteiger partial charge >= 0.3 is 12.1 Å². The highest BCUT2D eigenvalue weighted by atomic mass is 19.4. The van der Waals surface area contributed by atoms with Crippen LogP contribution in [-0.4, -0.2) is 59.5 Å². The molecule has 2 aliphatic carbocycles. The highest BCUT2D eigenvalue weighted by Crippen LogP contribution is 2.49. The number of amides is 4. The van der Waals surface area contributed by atoms with Gasteiger partial charge < -0.3 is 26.6 Å². The predicted octanol–water partition coefficient (Wildman–Crippen LogP) is 1.53. The third-order valence-corrected chi connectivity index (χ3v) is 8.22. The molecule has 4 amide bonds. The van der Waals surface area contributed by atoms with E-state index in [9.17, 15) is 32.3 Å². The molecule has 37 heavy (non-hydrogen) atoms. The maximum absolute atomic E-state index is 13.7. The lowest BCUT2D eigenvalue weighted by molar-refractivity contribution is -0.175. The van der Waals surface area contributed by atoms with Gasteiger partial charge in [0.15, 0.2) is 0 Å². The number of carbonyl (C=O) groups excluding carboxylic acids is 4. The number of fused-ring (bicyclic) bond motifs is 2. The molecule has 2 aliphatic heterocycles. The number of hydrogen-bond donors (Lipinski definition) is 4. The van der Waals surface area contributed by atoms with Crippen LogP contribution in [0.4, 0.5) is 18.9 Å². The molecule has 5 rings (SSSR count). The van der Waals surface area contributed by atoms with E-state index in [1.165, 1.54) is 4.90 Å². The summed E-state index contributed by atoms with van der Waals surface area (Å²) in [5.41, 5.74) is 5.94. The summed E-state index contributed by atoms with van der Waals surface area (Å²) in [4.78, 5) is 52.9. The molecule has 3 fully saturated rings. The molecule has 1 saturated heterocycles. The molecule has 2 heterocycles. The van der Waals surface area contributed by atoms with E-state index in [0.29, 0.717) is 24.9 Å². The van der Waals surface area contributed by atoms with Gasteiger partial charge in [-0.1, -0.05) is 38.0 Å². The lowest BCUT2D eigenvalue weighted by Gasteiger charge is -2.31. The van der Waals surface area contributed by atoms with Gasteiger partial charge in [-0.25, -0.2) is 0 Å². The first-order valence-electron chi connectivity index (χ1n) is 12.5. The van der Waals surface area contributed by atoms with E-state index in [-0.39, 0.29) is 24.8 Å². The van der Waals surface area contributed by atoms with Crippen LogP contribution >= 0.6 is 0 Å². The van der Waals surface area contributed by atoms with Crippen molar-refractivity contribution < 1.29 is 32.3 Å². The summed E-state index contributed by atoms with van der Waals surface area (Å²) in [5.74, 6) is -3.57. The Kier molecular flexibility index (Phi) is 6.00. The van der Waals surface area contributed by atoms with E-state index in [0.717, 1.165) is 18.4 Å². The summed E-state index contributed by atoms with van der Waals surface area (Å²) in [6.45, 7) is 1.65. The Morgan fingerprint density at radius 1 is 1.19 bits per heavy atom. The van der Waals surface area contributed by atoms with Gasteiger partial charge in [0.1, 0.15) is 12.1 Å². The van der Waals surface area contributed by atoms with Gasteiger partial charge in [-0.05, 0) is 42.2 Å². The zero-order chi connectivity index (χ0) is 26.8. The fourth-order valence-electron chi connectivity index (χ4n) is 5.53. The van der Waals surface area contributed by atoms with Crippen molar-refractivity contribution >= 4 is 29.3 Å². The lowest BCUT2D eigenvalue weighted by Crippen LogP contribution is -2.59. The number of carbonyl (C=O) groups is 4. The number of benzene rings is 1. The largest absolute Gasteiger partial charge is 0.471 e. The number of rotatable bonds is 7. The van der Waals surface area contributed by atoms with E-state index >= 15 is 0 Å². The second-order valence-electron chi connectivity index (χ2n) is 11.1. The van der Waals surface area contributed by atoms with Crippen LogP contribution < -0.4 is 21.7 Å². The van der Waals surface area contributed by atoms with E-state index in [4.69, 9.17) is 5.73 Å². The molecular formula is C25H30F3N5O4. The molecule has 0 radical (unpaired) electrons. The number of likely N-dealkylation sites (tertiary alicyclic amines) is 1. The van der Waals surface area contributed by atoms with E-state index in [1.54, 1.807) is 25.1 Å². The van der Waals surface area contributed by atoms with Crippen molar-refractivity contribution in [2.75, 3.05) is 11.9 Å². The topological polar surface area (TPSA) is 134 Å². The smallest absolute Gasteiger partial charge is 0.342 e. The van der Waals surface area contributed by atoms with Crippen LogP contribution in [-0.2, 0) is 24.6 Å². The number of alkyl halides is 3. The molecule has 5 N–H and O–H groups in total. The van der Waals surface area contributed by atoms with Crippen molar-refractivity contribution in [2.45, 2.75) is 75.3 Å². The first-order valence-corrected chi connectivity index (χ1v) is 12.5. The Morgan fingerprint density at radius 2 is 1.86 bits per heavy atom. The minimum atomic E-state index is -5.14. The van der Waals surface area contributed by atoms with E-state index in [1.807, 2.05) is 11.4 Å². The molecule has 200 valence electrons. The number of halogens is 3. The Bertz CT molecular complexity index is 1150. The van der Waals surface area contributed by atoms with Crippen molar-refractivity contribution in [3.05, 3.63) is 29.8 Å². The van der Waals surface area contributed by atoms with Crippen LogP contribution in [0.1, 0.15) is 51.0 Å². The molecule has 2 saturated carbocycles. The van der Waals surface area contributed by atoms with Crippen LogP contribution in [0.25, 0.3) is 0 Å². The van der Waals surface area contributed by atoms with Gasteiger partial charge in [-0.3, -0.25) is 19.2 Å². The fourth-order valence-corrected chi connectivity index (χ4v) is 5.53. The van der Waals surface area contributed by atoms with Gasteiger partial charge in [0.2, 0.25) is 17.7 Å².